The van der Waals surface area contributed by atoms with Crippen LogP contribution in [-0.4, -0.2) is 40.0 Å². The lowest BCUT2D eigenvalue weighted by molar-refractivity contribution is -0.131. The smallest absolute Gasteiger partial charge is 0.240 e. The molecule has 2 unspecified atom stereocenters. The van der Waals surface area contributed by atoms with Crippen LogP contribution >= 0.6 is 11.6 Å². The zero-order chi connectivity index (χ0) is 17.8. The van der Waals surface area contributed by atoms with Crippen molar-refractivity contribution in [3.05, 3.63) is 53.1 Å². The fourth-order valence-electron chi connectivity index (χ4n) is 3.12. The predicted octanol–water partition coefficient (Wildman–Crippen LogP) is 2.07. The van der Waals surface area contributed by atoms with E-state index >= 15 is 0 Å². The van der Waals surface area contributed by atoms with E-state index in [2.05, 4.69) is 15.8 Å². The van der Waals surface area contributed by atoms with Crippen molar-refractivity contribution in [1.82, 2.24) is 25.3 Å². The Morgan fingerprint density at radius 3 is 2.80 bits per heavy atom. The summed E-state index contributed by atoms with van der Waals surface area (Å²) in [4.78, 5) is 18.7. The molecule has 2 aromatic rings. The molecule has 1 aromatic carbocycles. The molecule has 3 rings (SSSR count). The highest BCUT2D eigenvalue weighted by Gasteiger charge is 2.31. The predicted molar refractivity (Wildman–Crippen MR) is 98.0 cm³/mol. The minimum Gasteiger partial charge on any atom is -0.344 e. The monoisotopic (exact) mass is 361 g/mol. The lowest BCUT2D eigenvalue weighted by Gasteiger charge is -2.20. The van der Waals surface area contributed by atoms with E-state index in [1.54, 1.807) is 11.1 Å². The highest BCUT2D eigenvalue weighted by molar-refractivity contribution is 6.30. The normalized spacial score (nSPS) is 20.0. The number of aryl methyl sites for hydroxylation is 2. The van der Waals surface area contributed by atoms with Crippen LogP contribution in [0.3, 0.4) is 0 Å². The Morgan fingerprint density at radius 2 is 2.12 bits per heavy atom. The number of benzene rings is 1. The van der Waals surface area contributed by atoms with E-state index in [-0.39, 0.29) is 18.0 Å². The van der Waals surface area contributed by atoms with Crippen molar-refractivity contribution in [2.75, 3.05) is 13.6 Å². The fraction of sp³-hybridized carbons (Fsp3) is 0.444. The molecule has 0 bridgehead atoms. The van der Waals surface area contributed by atoms with Crippen molar-refractivity contribution in [3.8, 4) is 0 Å². The summed E-state index contributed by atoms with van der Waals surface area (Å²) in [6.45, 7) is 0.718. The average Bonchev–Trinajstić information content (AvgIpc) is 3.24. The standard InChI is InChI=1S/C18H24ClN5O/c1-23-11-9-20-17(23)4-3-10-24(2)18(25)16-12-15(21-22-16)13-5-7-14(19)8-6-13/h5-9,11,15-16,21-22H,3-4,10,12H2,1-2H3. The van der Waals surface area contributed by atoms with Crippen LogP contribution in [-0.2, 0) is 18.3 Å². The van der Waals surface area contributed by atoms with E-state index in [1.807, 2.05) is 49.1 Å². The molecule has 0 spiro atoms. The summed E-state index contributed by atoms with van der Waals surface area (Å²) in [7, 11) is 3.85. The van der Waals surface area contributed by atoms with Gasteiger partial charge in [0.2, 0.25) is 5.91 Å². The molecule has 134 valence electrons. The molecule has 7 heteroatoms. The lowest BCUT2D eigenvalue weighted by atomic mass is 10.0. The second-order valence-corrected chi connectivity index (χ2v) is 6.94. The first-order chi connectivity index (χ1) is 12.0. The number of carbonyl (C=O) groups is 1. The molecule has 1 aliphatic heterocycles. The molecule has 1 fully saturated rings. The molecule has 1 saturated heterocycles. The Balaban J connectivity index is 1.47. The number of nitrogens with zero attached hydrogens (tertiary/aromatic N) is 3. The molecule has 2 heterocycles. The zero-order valence-corrected chi connectivity index (χ0v) is 15.3. The van der Waals surface area contributed by atoms with E-state index in [4.69, 9.17) is 11.6 Å². The third kappa shape index (κ3) is 4.39. The minimum atomic E-state index is -0.209. The van der Waals surface area contributed by atoms with Gasteiger partial charge in [0.1, 0.15) is 11.9 Å². The van der Waals surface area contributed by atoms with E-state index in [0.29, 0.717) is 0 Å². The molecule has 2 N–H and O–H groups in total. The number of imidazole rings is 1. The number of carbonyl (C=O) groups excluding carboxylic acids is 1. The van der Waals surface area contributed by atoms with Crippen molar-refractivity contribution < 1.29 is 4.79 Å². The summed E-state index contributed by atoms with van der Waals surface area (Å²) < 4.78 is 2.01. The maximum absolute atomic E-state index is 12.6. The number of hydrogen-bond acceptors (Lipinski definition) is 4. The third-order valence-electron chi connectivity index (χ3n) is 4.66. The molecule has 6 nitrogen and oxygen atoms in total. The van der Waals surface area contributed by atoms with Gasteiger partial charge in [0.15, 0.2) is 0 Å². The summed E-state index contributed by atoms with van der Waals surface area (Å²) in [5.74, 6) is 1.16. The first-order valence-electron chi connectivity index (χ1n) is 8.52. The number of hydrogen-bond donors (Lipinski definition) is 2. The van der Waals surface area contributed by atoms with E-state index in [1.165, 1.54) is 0 Å². The van der Waals surface area contributed by atoms with Crippen molar-refractivity contribution in [2.45, 2.75) is 31.3 Å². The Morgan fingerprint density at radius 1 is 1.36 bits per heavy atom. The third-order valence-corrected chi connectivity index (χ3v) is 4.92. The number of halogens is 1. The fourth-order valence-corrected chi connectivity index (χ4v) is 3.25. The highest BCUT2D eigenvalue weighted by Crippen LogP contribution is 2.24. The topological polar surface area (TPSA) is 62.2 Å². The molecule has 2 atom stereocenters. The van der Waals surface area contributed by atoms with Crippen LogP contribution in [0, 0.1) is 0 Å². The second kappa shape index (κ2) is 7.99. The molecular formula is C18H24ClN5O. The van der Waals surface area contributed by atoms with Crippen LogP contribution in [0.4, 0.5) is 0 Å². The van der Waals surface area contributed by atoms with E-state index in [9.17, 15) is 4.79 Å². The molecule has 1 aliphatic rings. The lowest BCUT2D eigenvalue weighted by Crippen LogP contribution is -2.44. The quantitative estimate of drug-likeness (QED) is 0.826. The van der Waals surface area contributed by atoms with Crippen LogP contribution in [0.25, 0.3) is 0 Å². The van der Waals surface area contributed by atoms with Crippen LogP contribution in [0.5, 0.6) is 0 Å². The van der Waals surface area contributed by atoms with Crippen LogP contribution in [0.15, 0.2) is 36.7 Å². The molecule has 0 saturated carbocycles. The number of amides is 1. The van der Waals surface area contributed by atoms with Crippen molar-refractivity contribution in [2.24, 2.45) is 7.05 Å². The van der Waals surface area contributed by atoms with Gasteiger partial charge in [-0.3, -0.25) is 4.79 Å². The summed E-state index contributed by atoms with van der Waals surface area (Å²) >= 11 is 5.93. The molecule has 25 heavy (non-hydrogen) atoms. The first-order valence-corrected chi connectivity index (χ1v) is 8.90. The SMILES string of the molecule is CN(CCCc1nccn1C)C(=O)C1CC(c2ccc(Cl)cc2)NN1. The van der Waals surface area contributed by atoms with Gasteiger partial charge in [-0.2, -0.15) is 0 Å². The number of nitrogens with one attached hydrogen (secondary N) is 2. The van der Waals surface area contributed by atoms with Crippen LogP contribution in [0.1, 0.15) is 30.3 Å². The highest BCUT2D eigenvalue weighted by atomic mass is 35.5. The Hall–Kier alpha value is -1.89. The Kier molecular flexibility index (Phi) is 5.73. The van der Waals surface area contributed by atoms with Crippen molar-refractivity contribution in [1.29, 1.82) is 0 Å². The Labute approximate surface area is 153 Å². The number of rotatable bonds is 6. The van der Waals surface area contributed by atoms with E-state index in [0.717, 1.165) is 42.2 Å². The van der Waals surface area contributed by atoms with Gasteiger partial charge in [0, 0.05) is 50.5 Å². The maximum atomic E-state index is 12.6. The second-order valence-electron chi connectivity index (χ2n) is 6.50. The summed E-state index contributed by atoms with van der Waals surface area (Å²) in [6, 6.07) is 7.64. The van der Waals surface area contributed by atoms with Gasteiger partial charge in [0.25, 0.3) is 0 Å². The van der Waals surface area contributed by atoms with Gasteiger partial charge >= 0.3 is 0 Å². The maximum Gasteiger partial charge on any atom is 0.240 e. The first kappa shape index (κ1) is 17.9. The van der Waals surface area contributed by atoms with Gasteiger partial charge in [-0.15, -0.1) is 0 Å². The minimum absolute atomic E-state index is 0.115. The Bertz CT molecular complexity index is 715. The molecule has 1 amide bonds. The van der Waals surface area contributed by atoms with Gasteiger partial charge in [-0.1, -0.05) is 23.7 Å². The summed E-state index contributed by atoms with van der Waals surface area (Å²) in [5.41, 5.74) is 7.46. The van der Waals surface area contributed by atoms with E-state index < -0.39 is 0 Å². The molecular weight excluding hydrogens is 338 g/mol. The van der Waals surface area contributed by atoms with Gasteiger partial charge in [-0.05, 0) is 30.5 Å². The van der Waals surface area contributed by atoms with Crippen molar-refractivity contribution >= 4 is 17.5 Å². The summed E-state index contributed by atoms with van der Waals surface area (Å²) in [5, 5.41) is 0.717. The molecule has 0 aliphatic carbocycles. The van der Waals surface area contributed by atoms with Crippen LogP contribution in [0.2, 0.25) is 5.02 Å². The van der Waals surface area contributed by atoms with Gasteiger partial charge < -0.3 is 9.47 Å². The van der Waals surface area contributed by atoms with Crippen LogP contribution < -0.4 is 10.9 Å². The average molecular weight is 362 g/mol. The number of hydrazine groups is 1. The van der Waals surface area contributed by atoms with Gasteiger partial charge in [-0.25, -0.2) is 15.8 Å². The van der Waals surface area contributed by atoms with Gasteiger partial charge in [0.05, 0.1) is 0 Å². The largest absolute Gasteiger partial charge is 0.344 e. The number of likely N-dealkylation sites (N-methyl/N-ethyl adjacent to an activating group) is 1. The summed E-state index contributed by atoms with van der Waals surface area (Å²) in [6.07, 6.45) is 6.23. The van der Waals surface area contributed by atoms with Crippen molar-refractivity contribution in [3.63, 3.8) is 0 Å². The molecule has 1 aromatic heterocycles. The zero-order valence-electron chi connectivity index (χ0n) is 14.6. The molecule has 0 radical (unpaired) electrons. The number of aromatic nitrogens is 2.